The molecule has 3 aliphatic heterocycles. The fourth-order valence-corrected chi connectivity index (χ4v) is 5.61. The molecule has 5 heterocycles. The molecular formula is C24H24ClFN8O. The molecule has 180 valence electrons. The fourth-order valence-electron chi connectivity index (χ4n) is 5.41. The number of rotatable bonds is 3. The minimum Gasteiger partial charge on any atom is -0.355 e. The van der Waals surface area contributed by atoms with Gasteiger partial charge in [-0.2, -0.15) is 0 Å². The first kappa shape index (κ1) is 20.9. The number of halogens is 2. The minimum atomic E-state index is -0.323. The quantitative estimate of drug-likeness (QED) is 0.603. The first-order valence-corrected chi connectivity index (χ1v) is 12.2. The van der Waals surface area contributed by atoms with Crippen LogP contribution in [-0.4, -0.2) is 62.9 Å². The Labute approximate surface area is 206 Å². The molecule has 0 bridgehead atoms. The molecule has 2 saturated heterocycles. The maximum Gasteiger partial charge on any atom is 0.318 e. The molecule has 0 radical (unpaired) electrons. The Morgan fingerprint density at radius 3 is 2.60 bits per heavy atom. The zero-order valence-corrected chi connectivity index (χ0v) is 19.7. The summed E-state index contributed by atoms with van der Waals surface area (Å²) in [5.41, 5.74) is 2.10. The lowest BCUT2D eigenvalue weighted by atomic mass is 9.73. The van der Waals surface area contributed by atoms with E-state index in [1.54, 1.807) is 11.0 Å². The SMILES string of the molecule is O=C(NC1CC1)N1Cc2cc(Cl)ccc2-n2c(nnc2N2CC3(CN(c4ccc(F)cn4)C3)C2)C1. The molecule has 35 heavy (non-hydrogen) atoms. The number of pyridine rings is 1. The van der Waals surface area contributed by atoms with E-state index in [9.17, 15) is 9.18 Å². The Hall–Kier alpha value is -3.40. The van der Waals surface area contributed by atoms with Gasteiger partial charge in [0.1, 0.15) is 11.6 Å². The largest absolute Gasteiger partial charge is 0.355 e. The molecule has 4 aliphatic rings. The summed E-state index contributed by atoms with van der Waals surface area (Å²) >= 11 is 6.33. The van der Waals surface area contributed by atoms with Gasteiger partial charge in [0.05, 0.1) is 25.0 Å². The third kappa shape index (κ3) is 3.58. The molecule has 2 amide bonds. The molecule has 1 spiro atoms. The van der Waals surface area contributed by atoms with Crippen LogP contribution in [0.5, 0.6) is 0 Å². The molecule has 11 heteroatoms. The highest BCUT2D eigenvalue weighted by Crippen LogP contribution is 2.44. The van der Waals surface area contributed by atoms with Gasteiger partial charge in [-0.1, -0.05) is 11.6 Å². The molecule has 1 aromatic carbocycles. The van der Waals surface area contributed by atoms with Crippen LogP contribution in [0.1, 0.15) is 24.2 Å². The Morgan fingerprint density at radius 1 is 1.06 bits per heavy atom. The molecule has 1 aliphatic carbocycles. The molecule has 1 saturated carbocycles. The van der Waals surface area contributed by atoms with Crippen LogP contribution in [0.2, 0.25) is 5.02 Å². The average molecular weight is 495 g/mol. The van der Waals surface area contributed by atoms with Gasteiger partial charge < -0.3 is 20.0 Å². The number of amides is 2. The van der Waals surface area contributed by atoms with Crippen molar-refractivity contribution >= 4 is 29.4 Å². The molecule has 1 N–H and O–H groups in total. The molecule has 9 nitrogen and oxygen atoms in total. The summed E-state index contributed by atoms with van der Waals surface area (Å²) in [7, 11) is 0. The number of hydrogen-bond acceptors (Lipinski definition) is 6. The second kappa shape index (κ2) is 7.55. The Balaban J connectivity index is 1.13. The lowest BCUT2D eigenvalue weighted by molar-refractivity contribution is 0.153. The van der Waals surface area contributed by atoms with Crippen molar-refractivity contribution < 1.29 is 9.18 Å². The molecule has 0 atom stereocenters. The van der Waals surface area contributed by atoms with Gasteiger partial charge in [-0.25, -0.2) is 14.2 Å². The van der Waals surface area contributed by atoms with Crippen molar-refractivity contribution in [1.29, 1.82) is 0 Å². The van der Waals surface area contributed by atoms with Crippen molar-refractivity contribution in [2.75, 3.05) is 36.0 Å². The van der Waals surface area contributed by atoms with Crippen molar-refractivity contribution in [3.63, 3.8) is 0 Å². The van der Waals surface area contributed by atoms with Crippen LogP contribution in [0.4, 0.5) is 21.0 Å². The van der Waals surface area contributed by atoms with E-state index in [1.165, 1.54) is 12.3 Å². The molecule has 0 unspecified atom stereocenters. The van der Waals surface area contributed by atoms with Crippen LogP contribution in [0.15, 0.2) is 36.5 Å². The van der Waals surface area contributed by atoms with E-state index in [0.29, 0.717) is 18.1 Å². The standard InChI is InChI=1S/C24H24ClFN8O/c25-16-1-5-19-15(7-16)9-31(23(35)28-18-3-4-18)10-21-29-30-22(34(19)21)33-13-24(14-33)11-32(12-24)20-6-2-17(26)8-27-20/h1-2,5-8,18H,3-4,9-14H2,(H,28,35). The number of anilines is 2. The highest BCUT2D eigenvalue weighted by molar-refractivity contribution is 6.30. The molecule has 3 fully saturated rings. The summed E-state index contributed by atoms with van der Waals surface area (Å²) in [6.07, 6.45) is 3.33. The first-order chi connectivity index (χ1) is 17.0. The average Bonchev–Trinajstić information content (AvgIpc) is 3.54. The Morgan fingerprint density at radius 2 is 1.86 bits per heavy atom. The van der Waals surface area contributed by atoms with Crippen molar-refractivity contribution in [2.24, 2.45) is 5.41 Å². The number of hydrogen-bond donors (Lipinski definition) is 1. The van der Waals surface area contributed by atoms with Gasteiger partial charge >= 0.3 is 6.03 Å². The number of carbonyl (C=O) groups is 1. The van der Waals surface area contributed by atoms with E-state index in [1.807, 2.05) is 18.2 Å². The van der Waals surface area contributed by atoms with Crippen molar-refractivity contribution in [1.82, 2.24) is 30.0 Å². The third-order valence-electron chi connectivity index (χ3n) is 7.30. The van der Waals surface area contributed by atoms with Gasteiger partial charge in [0.15, 0.2) is 5.82 Å². The second-order valence-electron chi connectivity index (χ2n) is 10.2. The highest BCUT2D eigenvalue weighted by Gasteiger charge is 2.53. The number of nitrogens with zero attached hydrogens (tertiary/aromatic N) is 7. The third-order valence-corrected chi connectivity index (χ3v) is 7.54. The maximum atomic E-state index is 13.2. The van der Waals surface area contributed by atoms with Crippen LogP contribution >= 0.6 is 11.6 Å². The van der Waals surface area contributed by atoms with Crippen LogP contribution in [0.3, 0.4) is 0 Å². The zero-order chi connectivity index (χ0) is 23.7. The Kier molecular flexibility index (Phi) is 4.51. The van der Waals surface area contributed by atoms with Crippen LogP contribution in [0.25, 0.3) is 5.69 Å². The summed E-state index contributed by atoms with van der Waals surface area (Å²) in [6.45, 7) is 4.31. The van der Waals surface area contributed by atoms with Gasteiger partial charge in [-0.15, -0.1) is 10.2 Å². The van der Waals surface area contributed by atoms with Gasteiger partial charge in [0.2, 0.25) is 5.95 Å². The van der Waals surface area contributed by atoms with Gasteiger partial charge in [0.25, 0.3) is 0 Å². The predicted molar refractivity (Wildman–Crippen MR) is 128 cm³/mol. The zero-order valence-electron chi connectivity index (χ0n) is 19.0. The van der Waals surface area contributed by atoms with E-state index in [2.05, 4.69) is 34.9 Å². The lowest BCUT2D eigenvalue weighted by Gasteiger charge is -2.60. The molecule has 3 aromatic rings. The Bertz CT molecular complexity index is 1310. The number of aromatic nitrogens is 4. The molecule has 7 rings (SSSR count). The molecule has 2 aromatic heterocycles. The fraction of sp³-hybridized carbons (Fsp3) is 0.417. The first-order valence-electron chi connectivity index (χ1n) is 11.9. The number of nitrogens with one attached hydrogen (secondary N) is 1. The summed E-state index contributed by atoms with van der Waals surface area (Å²) in [5, 5.41) is 12.7. The van der Waals surface area contributed by atoms with Gasteiger partial charge in [-0.05, 0) is 48.7 Å². The van der Waals surface area contributed by atoms with E-state index in [4.69, 9.17) is 11.6 Å². The molecular weight excluding hydrogens is 471 g/mol. The van der Waals surface area contributed by atoms with Crippen molar-refractivity contribution in [2.45, 2.75) is 32.0 Å². The van der Waals surface area contributed by atoms with E-state index in [-0.39, 0.29) is 23.3 Å². The summed E-state index contributed by atoms with van der Waals surface area (Å²) in [5.74, 6) is 2.01. The van der Waals surface area contributed by atoms with E-state index in [0.717, 1.165) is 67.9 Å². The van der Waals surface area contributed by atoms with Crippen LogP contribution in [-0.2, 0) is 13.1 Å². The van der Waals surface area contributed by atoms with Crippen molar-refractivity contribution in [3.05, 3.63) is 58.8 Å². The smallest absolute Gasteiger partial charge is 0.318 e. The monoisotopic (exact) mass is 494 g/mol. The van der Waals surface area contributed by atoms with E-state index < -0.39 is 0 Å². The summed E-state index contributed by atoms with van der Waals surface area (Å²) < 4.78 is 15.3. The van der Waals surface area contributed by atoms with Crippen LogP contribution < -0.4 is 15.1 Å². The van der Waals surface area contributed by atoms with Crippen LogP contribution in [0, 0.1) is 11.2 Å². The minimum absolute atomic E-state index is 0.0803. The lowest BCUT2D eigenvalue weighted by Crippen LogP contribution is -2.73. The number of fused-ring (bicyclic) bond motifs is 3. The maximum absolute atomic E-state index is 13.2. The summed E-state index contributed by atoms with van der Waals surface area (Å²) in [6, 6.07) is 9.14. The van der Waals surface area contributed by atoms with Gasteiger partial charge in [-0.3, -0.25) is 4.57 Å². The second-order valence-corrected chi connectivity index (χ2v) is 10.6. The van der Waals surface area contributed by atoms with Crippen molar-refractivity contribution in [3.8, 4) is 5.69 Å². The summed E-state index contributed by atoms with van der Waals surface area (Å²) in [4.78, 5) is 23.3. The predicted octanol–water partition coefficient (Wildman–Crippen LogP) is 2.97. The number of carbonyl (C=O) groups excluding carboxylic acids is 1. The number of benzene rings is 1. The van der Waals surface area contributed by atoms with Gasteiger partial charge in [0, 0.05) is 42.7 Å². The number of urea groups is 1. The highest BCUT2D eigenvalue weighted by atomic mass is 35.5. The normalized spacial score (nSPS) is 20.0. The topological polar surface area (TPSA) is 82.4 Å². The van der Waals surface area contributed by atoms with E-state index >= 15 is 0 Å².